The molecule has 3 heterocycles. The highest BCUT2D eigenvalue weighted by molar-refractivity contribution is 7.99. The highest BCUT2D eigenvalue weighted by atomic mass is 32.2. The minimum Gasteiger partial charge on any atom is -0.467 e. The molecular weight excluding hydrogens is 368 g/mol. The van der Waals surface area contributed by atoms with Crippen LogP contribution in [0, 0.1) is 0 Å². The minimum absolute atomic E-state index is 0.0282. The fourth-order valence-electron chi connectivity index (χ4n) is 2.30. The van der Waals surface area contributed by atoms with Crippen LogP contribution in [0.15, 0.2) is 52.5 Å². The van der Waals surface area contributed by atoms with Gasteiger partial charge in [0.15, 0.2) is 11.0 Å². The Balaban J connectivity index is 1.77. The van der Waals surface area contributed by atoms with Crippen LogP contribution in [0.4, 0.5) is 4.79 Å². The van der Waals surface area contributed by atoms with Crippen molar-refractivity contribution in [3.8, 4) is 11.4 Å². The first-order chi connectivity index (χ1) is 13.2. The number of rotatable bonds is 7. The number of amides is 3. The van der Waals surface area contributed by atoms with E-state index in [-0.39, 0.29) is 5.75 Å². The highest BCUT2D eigenvalue weighted by Gasteiger charge is 2.17. The molecule has 0 bridgehead atoms. The summed E-state index contributed by atoms with van der Waals surface area (Å²) in [5, 5.41) is 13.7. The molecule has 0 atom stereocenters. The van der Waals surface area contributed by atoms with E-state index in [1.165, 1.54) is 11.8 Å². The SMILES string of the molecule is CCNC(=O)NC(=O)CSc1nnc(-c2cccnc2)n1Cc1ccco1. The number of pyridine rings is 1. The molecule has 3 rings (SSSR count). The second-order valence-corrected chi connectivity index (χ2v) is 6.35. The van der Waals surface area contributed by atoms with Gasteiger partial charge in [-0.2, -0.15) is 0 Å². The van der Waals surface area contributed by atoms with Gasteiger partial charge in [0.1, 0.15) is 5.76 Å². The predicted molar refractivity (Wildman–Crippen MR) is 99.0 cm³/mol. The van der Waals surface area contributed by atoms with E-state index >= 15 is 0 Å². The average Bonchev–Trinajstić information content (AvgIpc) is 3.31. The van der Waals surface area contributed by atoms with Gasteiger partial charge >= 0.3 is 6.03 Å². The molecule has 10 heteroatoms. The number of carbonyl (C=O) groups excluding carboxylic acids is 2. The van der Waals surface area contributed by atoms with Crippen LogP contribution in [0.2, 0.25) is 0 Å². The Kier molecular flexibility index (Phi) is 6.21. The van der Waals surface area contributed by atoms with Gasteiger partial charge in [-0.15, -0.1) is 10.2 Å². The molecule has 0 unspecified atom stereocenters. The van der Waals surface area contributed by atoms with Crippen molar-refractivity contribution < 1.29 is 14.0 Å². The van der Waals surface area contributed by atoms with Crippen molar-refractivity contribution in [1.82, 2.24) is 30.4 Å². The van der Waals surface area contributed by atoms with Crippen molar-refractivity contribution in [3.63, 3.8) is 0 Å². The fourth-order valence-corrected chi connectivity index (χ4v) is 3.04. The lowest BCUT2D eigenvalue weighted by molar-refractivity contribution is -0.117. The number of nitrogens with one attached hydrogen (secondary N) is 2. The topological polar surface area (TPSA) is 115 Å². The summed E-state index contributed by atoms with van der Waals surface area (Å²) < 4.78 is 7.27. The summed E-state index contributed by atoms with van der Waals surface area (Å²) in [6, 6.07) is 6.83. The van der Waals surface area contributed by atoms with E-state index in [4.69, 9.17) is 4.42 Å². The molecule has 3 amide bonds. The minimum atomic E-state index is -0.517. The summed E-state index contributed by atoms with van der Waals surface area (Å²) in [6.45, 7) is 2.62. The number of hydrogen-bond donors (Lipinski definition) is 2. The highest BCUT2D eigenvalue weighted by Crippen LogP contribution is 2.24. The molecule has 2 N–H and O–H groups in total. The van der Waals surface area contributed by atoms with Gasteiger partial charge in [-0.1, -0.05) is 11.8 Å². The maximum Gasteiger partial charge on any atom is 0.321 e. The molecule has 3 aromatic heterocycles. The molecule has 140 valence electrons. The molecule has 0 radical (unpaired) electrons. The van der Waals surface area contributed by atoms with Gasteiger partial charge in [0.2, 0.25) is 5.91 Å². The van der Waals surface area contributed by atoms with E-state index in [0.29, 0.717) is 24.1 Å². The van der Waals surface area contributed by atoms with E-state index in [1.54, 1.807) is 31.6 Å². The molecule has 0 aliphatic heterocycles. The van der Waals surface area contributed by atoms with Crippen molar-refractivity contribution in [1.29, 1.82) is 0 Å². The van der Waals surface area contributed by atoms with Gasteiger partial charge in [0.05, 0.1) is 18.6 Å². The first-order valence-electron chi connectivity index (χ1n) is 8.24. The van der Waals surface area contributed by atoms with Gasteiger partial charge in [-0.25, -0.2) is 4.79 Å². The summed E-state index contributed by atoms with van der Waals surface area (Å²) in [7, 11) is 0. The summed E-state index contributed by atoms with van der Waals surface area (Å²) in [5.74, 6) is 0.960. The van der Waals surface area contributed by atoms with Gasteiger partial charge in [0.25, 0.3) is 0 Å². The van der Waals surface area contributed by atoms with Crippen LogP contribution in [-0.2, 0) is 11.3 Å². The quantitative estimate of drug-likeness (QED) is 0.596. The standard InChI is InChI=1S/C17H18N6O3S/c1-2-19-16(25)20-14(24)11-27-17-22-21-15(12-5-3-7-18-9-12)23(17)10-13-6-4-8-26-13/h3-9H,2,10-11H2,1H3,(H2,19,20,24,25). The normalized spacial score (nSPS) is 10.6. The fraction of sp³-hybridized carbons (Fsp3) is 0.235. The number of furan rings is 1. The van der Waals surface area contributed by atoms with Gasteiger partial charge in [-0.05, 0) is 31.2 Å². The number of thioether (sulfide) groups is 1. The Bertz CT molecular complexity index is 895. The second-order valence-electron chi connectivity index (χ2n) is 5.41. The van der Waals surface area contributed by atoms with Crippen molar-refractivity contribution in [2.45, 2.75) is 18.6 Å². The number of urea groups is 1. The summed E-state index contributed by atoms with van der Waals surface area (Å²) >= 11 is 1.19. The smallest absolute Gasteiger partial charge is 0.321 e. The zero-order valence-corrected chi connectivity index (χ0v) is 15.4. The third-order valence-corrected chi connectivity index (χ3v) is 4.42. The lowest BCUT2D eigenvalue weighted by Crippen LogP contribution is -2.40. The van der Waals surface area contributed by atoms with Gasteiger partial charge in [-0.3, -0.25) is 19.7 Å². The van der Waals surface area contributed by atoms with E-state index in [1.807, 2.05) is 22.8 Å². The van der Waals surface area contributed by atoms with Crippen LogP contribution in [0.25, 0.3) is 11.4 Å². The van der Waals surface area contributed by atoms with Crippen LogP contribution >= 0.6 is 11.8 Å². The Morgan fingerprint density at radius 1 is 1.26 bits per heavy atom. The molecule has 0 aromatic carbocycles. The Morgan fingerprint density at radius 3 is 2.85 bits per heavy atom. The van der Waals surface area contributed by atoms with Crippen molar-refractivity contribution in [2.24, 2.45) is 0 Å². The lowest BCUT2D eigenvalue weighted by atomic mass is 10.2. The molecule has 0 aliphatic rings. The summed E-state index contributed by atoms with van der Waals surface area (Å²) in [4.78, 5) is 27.5. The molecule has 0 saturated heterocycles. The molecule has 0 spiro atoms. The molecule has 0 aliphatic carbocycles. The van der Waals surface area contributed by atoms with E-state index in [9.17, 15) is 9.59 Å². The molecule has 27 heavy (non-hydrogen) atoms. The third-order valence-electron chi connectivity index (χ3n) is 3.45. The molecule has 9 nitrogen and oxygen atoms in total. The number of carbonyl (C=O) groups is 2. The van der Waals surface area contributed by atoms with Crippen LogP contribution in [0.1, 0.15) is 12.7 Å². The first kappa shape index (κ1) is 18.6. The van der Waals surface area contributed by atoms with E-state index < -0.39 is 11.9 Å². The Hall–Kier alpha value is -3.14. The number of nitrogens with zero attached hydrogens (tertiary/aromatic N) is 4. The summed E-state index contributed by atoms with van der Waals surface area (Å²) in [6.07, 6.45) is 4.97. The molecule has 0 fully saturated rings. The van der Waals surface area contributed by atoms with Crippen molar-refractivity contribution in [3.05, 3.63) is 48.7 Å². The average molecular weight is 386 g/mol. The van der Waals surface area contributed by atoms with Gasteiger partial charge in [0, 0.05) is 24.5 Å². The Labute approximate surface area is 159 Å². The number of imide groups is 1. The van der Waals surface area contributed by atoms with Crippen LogP contribution < -0.4 is 10.6 Å². The van der Waals surface area contributed by atoms with Crippen molar-refractivity contribution >= 4 is 23.7 Å². The largest absolute Gasteiger partial charge is 0.467 e. The zero-order valence-electron chi connectivity index (χ0n) is 14.6. The third kappa shape index (κ3) is 4.94. The number of aromatic nitrogens is 4. The van der Waals surface area contributed by atoms with Crippen molar-refractivity contribution in [2.75, 3.05) is 12.3 Å². The number of hydrogen-bond acceptors (Lipinski definition) is 7. The second kappa shape index (κ2) is 8.99. The molecular formula is C17H18N6O3S. The predicted octanol–water partition coefficient (Wildman–Crippen LogP) is 1.92. The molecule has 3 aromatic rings. The molecule has 0 saturated carbocycles. The monoisotopic (exact) mass is 386 g/mol. The maximum atomic E-state index is 11.9. The van der Waals surface area contributed by atoms with Crippen LogP contribution in [0.3, 0.4) is 0 Å². The van der Waals surface area contributed by atoms with Crippen LogP contribution in [0.5, 0.6) is 0 Å². The van der Waals surface area contributed by atoms with Gasteiger partial charge < -0.3 is 9.73 Å². The van der Waals surface area contributed by atoms with E-state index in [2.05, 4.69) is 25.8 Å². The summed E-state index contributed by atoms with van der Waals surface area (Å²) in [5.41, 5.74) is 0.801. The zero-order chi connectivity index (χ0) is 19.1. The Morgan fingerprint density at radius 2 is 2.15 bits per heavy atom. The maximum absolute atomic E-state index is 11.9. The van der Waals surface area contributed by atoms with E-state index in [0.717, 1.165) is 11.3 Å². The first-order valence-corrected chi connectivity index (χ1v) is 9.22. The lowest BCUT2D eigenvalue weighted by Gasteiger charge is -2.09. The van der Waals surface area contributed by atoms with Crippen LogP contribution in [-0.4, -0.2) is 44.0 Å².